The van der Waals surface area contributed by atoms with Crippen molar-refractivity contribution in [3.8, 4) is 0 Å². The highest BCUT2D eigenvalue weighted by atomic mass is 32.2. The van der Waals surface area contributed by atoms with Crippen molar-refractivity contribution in [3.05, 3.63) is 18.0 Å². The molecule has 0 atom stereocenters. The molecular formula is C10H13F2N3O3S. The predicted molar refractivity (Wildman–Crippen MR) is 62.4 cm³/mol. The van der Waals surface area contributed by atoms with Gasteiger partial charge in [-0.25, -0.2) is 22.3 Å². The fourth-order valence-electron chi connectivity index (χ4n) is 1.71. The van der Waals surface area contributed by atoms with Crippen LogP contribution in [0.2, 0.25) is 0 Å². The maximum absolute atomic E-state index is 12.0. The predicted octanol–water partition coefficient (Wildman–Crippen LogP) is 0.465. The van der Waals surface area contributed by atoms with Gasteiger partial charge in [0.05, 0.1) is 6.54 Å². The van der Waals surface area contributed by atoms with E-state index in [2.05, 4.69) is 0 Å². The summed E-state index contributed by atoms with van der Waals surface area (Å²) in [6.07, 6.45) is 0.234. The minimum atomic E-state index is -3.92. The number of amides is 1. The maximum atomic E-state index is 12.0. The van der Waals surface area contributed by atoms with E-state index in [0.717, 1.165) is 18.9 Å². The molecule has 6 nitrogen and oxygen atoms in total. The second kappa shape index (κ2) is 4.89. The van der Waals surface area contributed by atoms with Crippen LogP contribution >= 0.6 is 0 Å². The minimum Gasteiger partial charge on any atom is -0.345 e. The summed E-state index contributed by atoms with van der Waals surface area (Å²) in [5.41, 5.74) is 0.0344. The van der Waals surface area contributed by atoms with Crippen LogP contribution in [0.5, 0.6) is 0 Å². The van der Waals surface area contributed by atoms with E-state index in [9.17, 15) is 22.0 Å². The number of aromatic nitrogens is 1. The molecule has 0 radical (unpaired) electrons. The van der Waals surface area contributed by atoms with E-state index in [1.807, 2.05) is 5.32 Å². The van der Waals surface area contributed by atoms with Gasteiger partial charge in [0.2, 0.25) is 10.0 Å². The Balaban J connectivity index is 2.28. The summed E-state index contributed by atoms with van der Waals surface area (Å²) in [7, 11) is -3.92. The lowest BCUT2D eigenvalue weighted by molar-refractivity contribution is 0.0882. The molecule has 3 N–H and O–H groups in total. The summed E-state index contributed by atoms with van der Waals surface area (Å²) < 4.78 is 48.0. The molecule has 1 heterocycles. The maximum Gasteiger partial charge on any atom is 0.268 e. The number of rotatable bonds is 5. The van der Waals surface area contributed by atoms with Gasteiger partial charge in [0.25, 0.3) is 12.3 Å². The summed E-state index contributed by atoms with van der Waals surface area (Å²) in [5, 5.41) is 7.03. The number of primary sulfonamides is 1. The first-order valence-corrected chi connectivity index (χ1v) is 7.14. The van der Waals surface area contributed by atoms with E-state index >= 15 is 0 Å². The van der Waals surface area contributed by atoms with Crippen LogP contribution in [-0.4, -0.2) is 31.9 Å². The summed E-state index contributed by atoms with van der Waals surface area (Å²) in [5.74, 6) is -0.734. The van der Waals surface area contributed by atoms with Gasteiger partial charge in [0, 0.05) is 12.2 Å². The highest BCUT2D eigenvalue weighted by Gasteiger charge is 2.29. The molecule has 0 bridgehead atoms. The molecule has 1 amide bonds. The first kappa shape index (κ1) is 13.9. The molecule has 0 unspecified atom stereocenters. The Bertz CT molecular complexity index is 593. The number of hydrogen-bond donors (Lipinski definition) is 2. The van der Waals surface area contributed by atoms with Crippen molar-refractivity contribution in [1.29, 1.82) is 0 Å². The molecule has 0 aromatic carbocycles. The van der Waals surface area contributed by atoms with Crippen LogP contribution in [0.3, 0.4) is 0 Å². The Morgan fingerprint density at radius 3 is 2.63 bits per heavy atom. The number of nitrogens with two attached hydrogens (primary N) is 1. The third-order valence-corrected chi connectivity index (χ3v) is 3.62. The van der Waals surface area contributed by atoms with Crippen molar-refractivity contribution < 1.29 is 22.0 Å². The monoisotopic (exact) mass is 293 g/mol. The molecule has 106 valence electrons. The summed E-state index contributed by atoms with van der Waals surface area (Å²) >= 11 is 0. The molecule has 0 aliphatic heterocycles. The molecule has 1 aliphatic rings. The van der Waals surface area contributed by atoms with E-state index in [1.165, 1.54) is 10.8 Å². The van der Waals surface area contributed by atoms with Gasteiger partial charge in [-0.3, -0.25) is 4.79 Å². The van der Waals surface area contributed by atoms with Crippen LogP contribution in [0, 0.1) is 0 Å². The third-order valence-electron chi connectivity index (χ3n) is 2.74. The lowest BCUT2D eigenvalue weighted by Gasteiger charge is -2.07. The van der Waals surface area contributed by atoms with Crippen molar-refractivity contribution in [2.24, 2.45) is 5.14 Å². The average molecular weight is 293 g/mol. The smallest absolute Gasteiger partial charge is 0.268 e. The molecule has 1 aromatic heterocycles. The van der Waals surface area contributed by atoms with Crippen molar-refractivity contribution in [3.63, 3.8) is 0 Å². The van der Waals surface area contributed by atoms with Gasteiger partial charge < -0.3 is 9.88 Å². The molecule has 1 aliphatic carbocycles. The zero-order chi connectivity index (χ0) is 14.2. The zero-order valence-electron chi connectivity index (χ0n) is 9.84. The SMILES string of the molecule is NS(=O)(=O)c1cc(C(=O)NCC(F)F)n(C2CC2)c1. The zero-order valence-corrected chi connectivity index (χ0v) is 10.7. The van der Waals surface area contributed by atoms with Gasteiger partial charge in [-0.15, -0.1) is 0 Å². The third kappa shape index (κ3) is 3.29. The number of carbonyl (C=O) groups excluding carboxylic acids is 1. The Labute approximate surface area is 108 Å². The highest BCUT2D eigenvalue weighted by molar-refractivity contribution is 7.89. The summed E-state index contributed by atoms with van der Waals surface area (Å²) in [4.78, 5) is 11.5. The van der Waals surface area contributed by atoms with Crippen molar-refractivity contribution in [1.82, 2.24) is 9.88 Å². The van der Waals surface area contributed by atoms with Crippen molar-refractivity contribution >= 4 is 15.9 Å². The second-order valence-electron chi connectivity index (χ2n) is 4.35. The molecule has 1 fully saturated rings. The van der Waals surface area contributed by atoms with E-state index in [0.29, 0.717) is 0 Å². The average Bonchev–Trinajstić information content (AvgIpc) is 3.03. The molecule has 9 heteroatoms. The number of nitrogens with zero attached hydrogens (tertiary/aromatic N) is 1. The number of halogens is 2. The number of carbonyl (C=O) groups is 1. The molecule has 2 rings (SSSR count). The van der Waals surface area contributed by atoms with Crippen LogP contribution < -0.4 is 10.5 Å². The Hall–Kier alpha value is -1.48. The first-order valence-electron chi connectivity index (χ1n) is 5.60. The molecule has 1 aromatic rings. The van der Waals surface area contributed by atoms with Gasteiger partial charge in [-0.05, 0) is 18.9 Å². The Morgan fingerprint density at radius 1 is 1.53 bits per heavy atom. The van der Waals surface area contributed by atoms with Gasteiger partial charge in [-0.2, -0.15) is 0 Å². The molecule has 0 saturated heterocycles. The van der Waals surface area contributed by atoms with Gasteiger partial charge in [-0.1, -0.05) is 0 Å². The van der Waals surface area contributed by atoms with Crippen LogP contribution in [-0.2, 0) is 10.0 Å². The quantitative estimate of drug-likeness (QED) is 0.826. The largest absolute Gasteiger partial charge is 0.345 e. The van der Waals surface area contributed by atoms with Crippen LogP contribution in [0.4, 0.5) is 8.78 Å². The van der Waals surface area contributed by atoms with Gasteiger partial charge in [0.15, 0.2) is 0 Å². The number of sulfonamides is 1. The van der Waals surface area contributed by atoms with Gasteiger partial charge >= 0.3 is 0 Å². The first-order chi connectivity index (χ1) is 8.79. The molecule has 0 spiro atoms. The summed E-state index contributed by atoms with van der Waals surface area (Å²) in [6, 6.07) is 1.14. The molecule has 1 saturated carbocycles. The van der Waals surface area contributed by atoms with E-state index in [-0.39, 0.29) is 16.6 Å². The minimum absolute atomic E-state index is 0.0304. The molecular weight excluding hydrogens is 280 g/mol. The van der Waals surface area contributed by atoms with E-state index in [1.54, 1.807) is 0 Å². The second-order valence-corrected chi connectivity index (χ2v) is 5.91. The Morgan fingerprint density at radius 2 is 2.16 bits per heavy atom. The van der Waals surface area contributed by atoms with Crippen molar-refractivity contribution in [2.45, 2.75) is 30.2 Å². The topological polar surface area (TPSA) is 94.2 Å². The lowest BCUT2D eigenvalue weighted by atomic mass is 10.4. The van der Waals surface area contributed by atoms with E-state index in [4.69, 9.17) is 5.14 Å². The number of nitrogens with one attached hydrogen (secondary N) is 1. The number of hydrogen-bond acceptors (Lipinski definition) is 3. The van der Waals surface area contributed by atoms with Crippen molar-refractivity contribution in [2.75, 3.05) is 6.54 Å². The number of alkyl halides is 2. The van der Waals surface area contributed by atoms with Crippen LogP contribution in [0.1, 0.15) is 29.4 Å². The lowest BCUT2D eigenvalue weighted by Crippen LogP contribution is -2.30. The Kier molecular flexibility index (Phi) is 3.59. The van der Waals surface area contributed by atoms with Crippen LogP contribution in [0.25, 0.3) is 0 Å². The highest BCUT2D eigenvalue weighted by Crippen LogP contribution is 2.37. The van der Waals surface area contributed by atoms with E-state index < -0.39 is 28.9 Å². The fraction of sp³-hybridized carbons (Fsp3) is 0.500. The van der Waals surface area contributed by atoms with Gasteiger partial charge in [0.1, 0.15) is 10.6 Å². The van der Waals surface area contributed by atoms with Crippen LogP contribution in [0.15, 0.2) is 17.2 Å². The molecule has 19 heavy (non-hydrogen) atoms. The normalized spacial score (nSPS) is 15.8. The standard InChI is InChI=1S/C10H13F2N3O3S/c11-9(12)4-14-10(16)8-3-7(19(13,17)18)5-15(8)6-1-2-6/h3,5-6,9H,1-2,4H2,(H,14,16)(H2,13,17,18). The fourth-order valence-corrected chi connectivity index (χ4v) is 2.24. The summed E-state index contributed by atoms with van der Waals surface area (Å²) in [6.45, 7) is -0.778.